The van der Waals surface area contributed by atoms with E-state index in [1.54, 1.807) is 18.9 Å². The monoisotopic (exact) mass is 446 g/mol. The van der Waals surface area contributed by atoms with Gasteiger partial charge in [0.25, 0.3) is 0 Å². The lowest BCUT2D eigenvalue weighted by Crippen LogP contribution is -2.15. The Hall–Kier alpha value is -3.04. The third kappa shape index (κ3) is 6.47. The minimum Gasteiger partial charge on any atom is -0.457 e. The van der Waals surface area contributed by atoms with E-state index in [2.05, 4.69) is 4.99 Å². The minimum absolute atomic E-state index is 0.0562. The highest BCUT2D eigenvalue weighted by molar-refractivity contribution is 5.92. The summed E-state index contributed by atoms with van der Waals surface area (Å²) in [4.78, 5) is 17.8. The highest BCUT2D eigenvalue weighted by atomic mass is 19.4. The summed E-state index contributed by atoms with van der Waals surface area (Å²) in [5.74, 6) is -1.08. The van der Waals surface area contributed by atoms with E-state index >= 15 is 0 Å². The Morgan fingerprint density at radius 1 is 1.10 bits per heavy atom. The summed E-state index contributed by atoms with van der Waals surface area (Å²) in [6.45, 7) is 3.23. The number of aliphatic imine (C=N–C) groups is 1. The molecule has 0 unspecified atom stereocenters. The molecule has 2 aromatic rings. The Morgan fingerprint density at radius 3 is 2.35 bits per heavy atom. The molecule has 0 aliphatic rings. The normalized spacial score (nSPS) is 12.3. The van der Waals surface area contributed by atoms with Crippen molar-refractivity contribution in [3.05, 3.63) is 64.2 Å². The average Bonchev–Trinajstić information content (AvgIpc) is 2.68. The number of hydrogen-bond donors (Lipinski definition) is 0. The second-order valence-corrected chi connectivity index (χ2v) is 6.77. The summed E-state index contributed by atoms with van der Waals surface area (Å²) < 4.78 is 83.8. The molecule has 0 saturated carbocycles. The van der Waals surface area contributed by atoms with E-state index in [9.17, 15) is 31.1 Å². The first-order chi connectivity index (χ1) is 14.3. The van der Waals surface area contributed by atoms with Gasteiger partial charge in [0, 0.05) is 13.6 Å². The van der Waals surface area contributed by atoms with E-state index in [-0.39, 0.29) is 22.4 Å². The summed E-state index contributed by atoms with van der Waals surface area (Å²) in [5.41, 5.74) is -2.50. The van der Waals surface area contributed by atoms with Gasteiger partial charge in [0.2, 0.25) is 0 Å². The van der Waals surface area contributed by atoms with Crippen molar-refractivity contribution in [1.82, 2.24) is 4.90 Å². The number of nitrogens with zero attached hydrogens (tertiary/aromatic N) is 2. The number of aryl methyl sites for hydroxylation is 1. The maximum absolute atomic E-state index is 13.5. The Kier molecular flexibility index (Phi) is 7.35. The van der Waals surface area contributed by atoms with Crippen molar-refractivity contribution in [1.29, 1.82) is 0 Å². The molecule has 31 heavy (non-hydrogen) atoms. The SMILES string of the molecule is CCN(C)/C=N/c1cc(C)c(C(=O)OCc2cccc(C(F)(F)F)c2)cc1C(F)(F)F. The summed E-state index contributed by atoms with van der Waals surface area (Å²) in [6, 6.07) is 5.90. The molecule has 0 aliphatic heterocycles. The van der Waals surface area contributed by atoms with E-state index in [0.717, 1.165) is 24.3 Å². The van der Waals surface area contributed by atoms with Gasteiger partial charge >= 0.3 is 18.3 Å². The van der Waals surface area contributed by atoms with E-state index in [1.165, 1.54) is 19.3 Å². The molecular formula is C21H20F6N2O2. The van der Waals surface area contributed by atoms with Crippen molar-refractivity contribution >= 4 is 18.0 Å². The van der Waals surface area contributed by atoms with Gasteiger partial charge in [0.15, 0.2) is 0 Å². The molecule has 0 bridgehead atoms. The standard InChI is InChI=1S/C21H20F6N2O2/c1-4-29(3)12-28-18-8-13(2)16(10-17(18)21(25,26)27)19(30)31-11-14-6-5-7-15(9-14)20(22,23)24/h5-10,12H,4,11H2,1-3H3/b28-12+. The van der Waals surface area contributed by atoms with E-state index in [0.29, 0.717) is 12.6 Å². The fraction of sp³-hybridized carbons (Fsp3) is 0.333. The van der Waals surface area contributed by atoms with E-state index in [1.807, 2.05) is 0 Å². The molecule has 0 amide bonds. The molecular weight excluding hydrogens is 426 g/mol. The molecule has 0 spiro atoms. The smallest absolute Gasteiger partial charge is 0.418 e. The lowest BCUT2D eigenvalue weighted by molar-refractivity contribution is -0.138. The number of alkyl halides is 6. The predicted molar refractivity (Wildman–Crippen MR) is 103 cm³/mol. The largest absolute Gasteiger partial charge is 0.457 e. The molecule has 2 rings (SSSR count). The number of rotatable bonds is 6. The van der Waals surface area contributed by atoms with Gasteiger partial charge < -0.3 is 9.64 Å². The fourth-order valence-corrected chi connectivity index (χ4v) is 2.55. The van der Waals surface area contributed by atoms with E-state index < -0.39 is 36.1 Å². The first kappa shape index (κ1) is 24.2. The van der Waals surface area contributed by atoms with Crippen LogP contribution in [0.5, 0.6) is 0 Å². The van der Waals surface area contributed by atoms with Crippen LogP contribution in [0.1, 0.15) is 39.5 Å². The second kappa shape index (κ2) is 9.40. The molecule has 0 heterocycles. The van der Waals surface area contributed by atoms with Gasteiger partial charge in [-0.2, -0.15) is 26.3 Å². The van der Waals surface area contributed by atoms with Crippen LogP contribution in [0.2, 0.25) is 0 Å². The van der Waals surface area contributed by atoms with Gasteiger partial charge in [-0.05, 0) is 49.2 Å². The molecule has 0 aliphatic carbocycles. The maximum atomic E-state index is 13.5. The zero-order valence-electron chi connectivity index (χ0n) is 16.9. The summed E-state index contributed by atoms with van der Waals surface area (Å²) in [6.07, 6.45) is -8.10. The number of carbonyl (C=O) groups excluding carboxylic acids is 1. The molecule has 0 saturated heterocycles. The van der Waals surface area contributed by atoms with Crippen LogP contribution in [-0.4, -0.2) is 30.8 Å². The van der Waals surface area contributed by atoms with E-state index in [4.69, 9.17) is 4.74 Å². The quantitative estimate of drug-likeness (QED) is 0.237. The van der Waals surface area contributed by atoms with Crippen LogP contribution in [0.15, 0.2) is 41.4 Å². The zero-order valence-corrected chi connectivity index (χ0v) is 16.9. The number of hydrogen-bond acceptors (Lipinski definition) is 3. The number of ether oxygens (including phenoxy) is 1. The Morgan fingerprint density at radius 2 is 1.77 bits per heavy atom. The molecule has 10 heteroatoms. The Labute approximate surface area is 175 Å². The Bertz CT molecular complexity index is 967. The van der Waals surface area contributed by atoms with Gasteiger partial charge in [0.1, 0.15) is 6.61 Å². The number of carbonyl (C=O) groups is 1. The molecule has 0 atom stereocenters. The summed E-state index contributed by atoms with van der Waals surface area (Å²) >= 11 is 0. The molecule has 0 N–H and O–H groups in total. The lowest BCUT2D eigenvalue weighted by atomic mass is 10.0. The molecule has 4 nitrogen and oxygen atoms in total. The molecule has 168 valence electrons. The highest BCUT2D eigenvalue weighted by Gasteiger charge is 2.35. The predicted octanol–water partition coefficient (Wildman–Crippen LogP) is 6.00. The third-order valence-corrected chi connectivity index (χ3v) is 4.38. The van der Waals surface area contributed by atoms with Crippen molar-refractivity contribution in [2.24, 2.45) is 4.99 Å². The second-order valence-electron chi connectivity index (χ2n) is 6.77. The minimum atomic E-state index is -4.78. The maximum Gasteiger partial charge on any atom is 0.418 e. The van der Waals surface area contributed by atoms with Crippen LogP contribution in [0.3, 0.4) is 0 Å². The number of benzene rings is 2. The van der Waals surface area contributed by atoms with Crippen molar-refractivity contribution in [3.63, 3.8) is 0 Å². The van der Waals surface area contributed by atoms with Crippen LogP contribution in [-0.2, 0) is 23.7 Å². The molecule has 0 aromatic heterocycles. The lowest BCUT2D eigenvalue weighted by Gasteiger charge is -2.15. The topological polar surface area (TPSA) is 41.9 Å². The van der Waals surface area contributed by atoms with Crippen LogP contribution >= 0.6 is 0 Å². The van der Waals surface area contributed by atoms with Crippen LogP contribution in [0, 0.1) is 6.92 Å². The van der Waals surface area contributed by atoms with Crippen LogP contribution < -0.4 is 0 Å². The highest BCUT2D eigenvalue weighted by Crippen LogP contribution is 2.38. The zero-order chi connectivity index (χ0) is 23.4. The third-order valence-electron chi connectivity index (χ3n) is 4.38. The van der Waals surface area contributed by atoms with Crippen molar-refractivity contribution in [2.45, 2.75) is 32.8 Å². The van der Waals surface area contributed by atoms with Crippen molar-refractivity contribution < 1.29 is 35.9 Å². The summed E-state index contributed by atoms with van der Waals surface area (Å²) in [5, 5.41) is 0. The number of esters is 1. The average molecular weight is 446 g/mol. The van der Waals surface area contributed by atoms with Gasteiger partial charge in [0.05, 0.1) is 28.7 Å². The molecule has 0 fully saturated rings. The molecule has 2 aromatic carbocycles. The molecule has 0 radical (unpaired) electrons. The first-order valence-electron chi connectivity index (χ1n) is 9.12. The van der Waals surface area contributed by atoms with Gasteiger partial charge in [-0.25, -0.2) is 9.79 Å². The van der Waals surface area contributed by atoms with Crippen LogP contribution in [0.4, 0.5) is 32.0 Å². The van der Waals surface area contributed by atoms with Gasteiger partial charge in [-0.15, -0.1) is 0 Å². The number of halogens is 6. The van der Waals surface area contributed by atoms with Crippen molar-refractivity contribution in [3.8, 4) is 0 Å². The van der Waals surface area contributed by atoms with Gasteiger partial charge in [-0.1, -0.05) is 12.1 Å². The van der Waals surface area contributed by atoms with Crippen molar-refractivity contribution in [2.75, 3.05) is 13.6 Å². The Balaban J connectivity index is 2.29. The van der Waals surface area contributed by atoms with Gasteiger partial charge in [-0.3, -0.25) is 0 Å². The summed E-state index contributed by atoms with van der Waals surface area (Å²) in [7, 11) is 1.64. The first-order valence-corrected chi connectivity index (χ1v) is 9.12. The fourth-order valence-electron chi connectivity index (χ4n) is 2.55. The van der Waals surface area contributed by atoms with Crippen LogP contribution in [0.25, 0.3) is 0 Å².